The van der Waals surface area contributed by atoms with E-state index in [9.17, 15) is 4.79 Å². The molecule has 0 saturated heterocycles. The van der Waals surface area contributed by atoms with E-state index in [2.05, 4.69) is 5.32 Å². The Kier molecular flexibility index (Phi) is 8.79. The first-order valence-electron chi connectivity index (χ1n) is 7.45. The van der Waals surface area contributed by atoms with E-state index in [1.807, 2.05) is 48.5 Å². The standard InChI is InChI=1S/C18H21ClN2O2.ClH/c1-23-17(14-8-5-9-15(19)11-14)12-21-18(22)16(20)10-13-6-3-2-4-7-13;/h2-9,11,16-17H,10,12,20H2,1H3,(H,21,22);1H/t16-,17?;/m0./s1. The van der Waals surface area contributed by atoms with Gasteiger partial charge >= 0.3 is 0 Å². The van der Waals surface area contributed by atoms with Gasteiger partial charge < -0.3 is 15.8 Å². The molecule has 6 heteroatoms. The second-order valence-corrected chi connectivity index (χ2v) is 5.76. The average Bonchev–Trinajstić information content (AvgIpc) is 2.56. The maximum absolute atomic E-state index is 12.1. The molecule has 3 N–H and O–H groups in total. The third kappa shape index (κ3) is 6.13. The summed E-state index contributed by atoms with van der Waals surface area (Å²) in [5.74, 6) is -0.196. The molecule has 0 heterocycles. The first kappa shape index (κ1) is 20.5. The predicted molar refractivity (Wildman–Crippen MR) is 99.6 cm³/mol. The predicted octanol–water partition coefficient (Wildman–Crippen LogP) is 3.14. The summed E-state index contributed by atoms with van der Waals surface area (Å²) in [5.41, 5.74) is 7.92. The van der Waals surface area contributed by atoms with E-state index in [1.165, 1.54) is 0 Å². The molecule has 0 aliphatic heterocycles. The van der Waals surface area contributed by atoms with Crippen LogP contribution >= 0.6 is 24.0 Å². The van der Waals surface area contributed by atoms with Gasteiger partial charge in [-0.1, -0.05) is 54.1 Å². The lowest BCUT2D eigenvalue weighted by Crippen LogP contribution is -2.43. The van der Waals surface area contributed by atoms with Crippen LogP contribution in [0.15, 0.2) is 54.6 Å². The van der Waals surface area contributed by atoms with Crippen molar-refractivity contribution in [3.63, 3.8) is 0 Å². The van der Waals surface area contributed by atoms with Gasteiger partial charge in [-0.15, -0.1) is 12.4 Å². The molecule has 2 rings (SSSR count). The number of methoxy groups -OCH3 is 1. The highest BCUT2D eigenvalue weighted by Gasteiger charge is 2.17. The molecule has 4 nitrogen and oxygen atoms in total. The first-order chi connectivity index (χ1) is 11.1. The van der Waals surface area contributed by atoms with Crippen LogP contribution < -0.4 is 11.1 Å². The summed E-state index contributed by atoms with van der Waals surface area (Å²) < 4.78 is 5.43. The van der Waals surface area contributed by atoms with Gasteiger partial charge in [0.15, 0.2) is 0 Å². The van der Waals surface area contributed by atoms with Crippen LogP contribution in [0, 0.1) is 0 Å². The summed E-state index contributed by atoms with van der Waals surface area (Å²) in [5, 5.41) is 3.48. The number of nitrogens with two attached hydrogens (primary N) is 1. The van der Waals surface area contributed by atoms with Crippen molar-refractivity contribution >= 4 is 29.9 Å². The zero-order chi connectivity index (χ0) is 16.7. The van der Waals surface area contributed by atoms with Crippen molar-refractivity contribution in [3.8, 4) is 0 Å². The number of nitrogens with one attached hydrogen (secondary N) is 1. The molecule has 0 fully saturated rings. The van der Waals surface area contributed by atoms with Gasteiger partial charge in [-0.3, -0.25) is 4.79 Å². The van der Waals surface area contributed by atoms with E-state index < -0.39 is 6.04 Å². The van der Waals surface area contributed by atoms with E-state index >= 15 is 0 Å². The summed E-state index contributed by atoms with van der Waals surface area (Å²) in [6.45, 7) is 0.345. The molecule has 2 aromatic carbocycles. The molecule has 24 heavy (non-hydrogen) atoms. The molecule has 2 atom stereocenters. The van der Waals surface area contributed by atoms with Crippen LogP contribution in [-0.4, -0.2) is 25.6 Å². The Balaban J connectivity index is 0.00000288. The van der Waals surface area contributed by atoms with Crippen molar-refractivity contribution in [2.24, 2.45) is 5.73 Å². The summed E-state index contributed by atoms with van der Waals surface area (Å²) in [4.78, 5) is 12.1. The van der Waals surface area contributed by atoms with Gasteiger partial charge in [0.2, 0.25) is 5.91 Å². The van der Waals surface area contributed by atoms with Gasteiger partial charge in [0.1, 0.15) is 0 Å². The molecule has 130 valence electrons. The van der Waals surface area contributed by atoms with E-state index in [0.29, 0.717) is 18.0 Å². The minimum absolute atomic E-state index is 0. The smallest absolute Gasteiger partial charge is 0.237 e. The van der Waals surface area contributed by atoms with E-state index in [4.69, 9.17) is 22.1 Å². The molecule has 0 aliphatic rings. The normalized spacial score (nSPS) is 12.8. The zero-order valence-corrected chi connectivity index (χ0v) is 15.0. The SMILES string of the molecule is COC(CNC(=O)[C@@H](N)Cc1ccccc1)c1cccc(Cl)c1.Cl. The van der Waals surface area contributed by atoms with Gasteiger partial charge in [-0.05, 0) is 29.7 Å². The number of halogens is 2. The second kappa shape index (κ2) is 10.3. The fourth-order valence-electron chi connectivity index (χ4n) is 2.33. The van der Waals surface area contributed by atoms with Gasteiger partial charge in [0, 0.05) is 18.7 Å². The number of amides is 1. The molecule has 2 aromatic rings. The van der Waals surface area contributed by atoms with Crippen molar-refractivity contribution < 1.29 is 9.53 Å². The van der Waals surface area contributed by atoms with Gasteiger partial charge in [0.05, 0.1) is 12.1 Å². The van der Waals surface area contributed by atoms with Gasteiger partial charge in [-0.25, -0.2) is 0 Å². The van der Waals surface area contributed by atoms with Crippen LogP contribution in [-0.2, 0) is 16.0 Å². The van der Waals surface area contributed by atoms with Crippen LogP contribution in [0.25, 0.3) is 0 Å². The summed E-state index contributed by atoms with van der Waals surface area (Å²) in [6, 6.07) is 16.5. The summed E-state index contributed by atoms with van der Waals surface area (Å²) in [6.07, 6.45) is 0.239. The molecule has 0 bridgehead atoms. The summed E-state index contributed by atoms with van der Waals surface area (Å²) >= 11 is 5.99. The van der Waals surface area contributed by atoms with Crippen LogP contribution in [0.4, 0.5) is 0 Å². The first-order valence-corrected chi connectivity index (χ1v) is 7.83. The van der Waals surface area contributed by atoms with E-state index in [-0.39, 0.29) is 24.4 Å². The van der Waals surface area contributed by atoms with E-state index in [0.717, 1.165) is 11.1 Å². The third-order valence-electron chi connectivity index (χ3n) is 3.60. The molecular formula is C18H22Cl2N2O2. The maximum Gasteiger partial charge on any atom is 0.237 e. The number of carbonyl (C=O) groups is 1. The Labute approximate surface area is 153 Å². The Hall–Kier alpha value is -1.59. The van der Waals surface area contributed by atoms with Gasteiger partial charge in [-0.2, -0.15) is 0 Å². The molecule has 0 spiro atoms. The molecule has 0 aliphatic carbocycles. The number of ether oxygens (including phenoxy) is 1. The van der Waals surface area contributed by atoms with Crippen LogP contribution in [0.3, 0.4) is 0 Å². The van der Waals surface area contributed by atoms with Crippen molar-refractivity contribution in [1.82, 2.24) is 5.32 Å². The maximum atomic E-state index is 12.1. The quantitative estimate of drug-likeness (QED) is 0.788. The zero-order valence-electron chi connectivity index (χ0n) is 13.4. The van der Waals surface area contributed by atoms with Crippen molar-refractivity contribution in [2.45, 2.75) is 18.6 Å². The highest BCUT2D eigenvalue weighted by Crippen LogP contribution is 2.19. The van der Waals surface area contributed by atoms with E-state index in [1.54, 1.807) is 13.2 Å². The number of hydrogen-bond donors (Lipinski definition) is 2. The monoisotopic (exact) mass is 368 g/mol. The molecule has 0 aromatic heterocycles. The summed E-state index contributed by atoms with van der Waals surface area (Å²) in [7, 11) is 1.60. The molecule has 0 saturated carbocycles. The second-order valence-electron chi connectivity index (χ2n) is 5.32. The molecule has 0 radical (unpaired) electrons. The van der Waals surface area contributed by atoms with Crippen molar-refractivity contribution in [2.75, 3.05) is 13.7 Å². The fraction of sp³-hybridized carbons (Fsp3) is 0.278. The third-order valence-corrected chi connectivity index (χ3v) is 3.84. The minimum Gasteiger partial charge on any atom is -0.375 e. The van der Waals surface area contributed by atoms with Crippen molar-refractivity contribution in [1.29, 1.82) is 0 Å². The molecule has 1 unspecified atom stereocenters. The number of rotatable bonds is 7. The van der Waals surface area contributed by atoms with Crippen LogP contribution in [0.1, 0.15) is 17.2 Å². The average molecular weight is 369 g/mol. The number of benzene rings is 2. The fourth-order valence-corrected chi connectivity index (χ4v) is 2.53. The van der Waals surface area contributed by atoms with Crippen LogP contribution in [0.2, 0.25) is 5.02 Å². The lowest BCUT2D eigenvalue weighted by molar-refractivity contribution is -0.122. The topological polar surface area (TPSA) is 64.3 Å². The largest absolute Gasteiger partial charge is 0.375 e. The molecule has 1 amide bonds. The Morgan fingerprint density at radius 2 is 1.92 bits per heavy atom. The Bertz CT molecular complexity index is 638. The molecular weight excluding hydrogens is 347 g/mol. The minimum atomic E-state index is -0.589. The highest BCUT2D eigenvalue weighted by molar-refractivity contribution is 6.30. The van der Waals surface area contributed by atoms with Crippen LogP contribution in [0.5, 0.6) is 0 Å². The Morgan fingerprint density at radius 3 is 2.54 bits per heavy atom. The lowest BCUT2D eigenvalue weighted by atomic mass is 10.1. The van der Waals surface area contributed by atoms with Crippen molar-refractivity contribution in [3.05, 3.63) is 70.7 Å². The lowest BCUT2D eigenvalue weighted by Gasteiger charge is -2.18. The number of hydrogen-bond acceptors (Lipinski definition) is 3. The highest BCUT2D eigenvalue weighted by atomic mass is 35.5. The Morgan fingerprint density at radius 1 is 1.21 bits per heavy atom. The van der Waals surface area contributed by atoms with Gasteiger partial charge in [0.25, 0.3) is 0 Å². The number of carbonyl (C=O) groups excluding carboxylic acids is 1.